The van der Waals surface area contributed by atoms with Gasteiger partial charge in [-0.1, -0.05) is 30.4 Å². The number of allylic oxidation sites excluding steroid dienone is 3. The summed E-state index contributed by atoms with van der Waals surface area (Å²) in [6.07, 6.45) is 5.79. The van der Waals surface area contributed by atoms with Crippen molar-refractivity contribution in [2.75, 3.05) is 7.11 Å². The zero-order valence-corrected chi connectivity index (χ0v) is 17.0. The number of ether oxygens (including phenoxy) is 1. The van der Waals surface area contributed by atoms with Gasteiger partial charge in [0.25, 0.3) is 0 Å². The van der Waals surface area contributed by atoms with Gasteiger partial charge in [0.2, 0.25) is 5.89 Å². The van der Waals surface area contributed by atoms with Crippen LogP contribution >= 0.6 is 0 Å². The fourth-order valence-electron chi connectivity index (χ4n) is 2.46. The maximum absolute atomic E-state index is 11.8. The standard InChI is InChI=1S/C15H13NO6S.K/c1-21-13(17)10-6-5-7-11-12(10)16-14(22-11)15(23(18,19)20)8-3-2-4-9-15;/h2-8H,9H2,1H3,(H,18,19,20);/q;+1/p-1. The van der Waals surface area contributed by atoms with Crippen LogP contribution in [-0.2, 0) is 19.6 Å². The number of benzene rings is 1. The van der Waals surface area contributed by atoms with Crippen LogP contribution in [0.3, 0.4) is 0 Å². The van der Waals surface area contributed by atoms with Crippen molar-refractivity contribution in [1.29, 1.82) is 0 Å². The molecule has 120 valence electrons. The van der Waals surface area contributed by atoms with Gasteiger partial charge in [0.15, 0.2) is 10.3 Å². The number of carbonyl (C=O) groups excluding carboxylic acids is 1. The van der Waals surface area contributed by atoms with E-state index in [-0.39, 0.29) is 80.4 Å². The quantitative estimate of drug-likeness (QED) is 0.381. The molecule has 1 aliphatic rings. The minimum Gasteiger partial charge on any atom is -0.747 e. The first kappa shape index (κ1) is 19.5. The topological polar surface area (TPSA) is 110 Å². The molecule has 1 aliphatic carbocycles. The number of para-hydroxylation sites is 1. The first-order valence-corrected chi connectivity index (χ1v) is 8.08. The van der Waals surface area contributed by atoms with Crippen LogP contribution in [0.1, 0.15) is 22.7 Å². The third kappa shape index (κ3) is 3.17. The van der Waals surface area contributed by atoms with Crippen LogP contribution in [0, 0.1) is 0 Å². The molecule has 0 aliphatic heterocycles. The molecule has 1 heterocycles. The minimum atomic E-state index is -4.79. The Labute approximate surface area is 180 Å². The van der Waals surface area contributed by atoms with E-state index in [0.29, 0.717) is 0 Å². The van der Waals surface area contributed by atoms with Crippen LogP contribution in [0.25, 0.3) is 11.1 Å². The Bertz CT molecular complexity index is 946. The van der Waals surface area contributed by atoms with E-state index in [1.54, 1.807) is 18.2 Å². The summed E-state index contributed by atoms with van der Waals surface area (Å²) in [5.41, 5.74) is 0.489. The van der Waals surface area contributed by atoms with Crippen molar-refractivity contribution < 1.29 is 78.3 Å². The largest absolute Gasteiger partial charge is 1.00 e. The second-order valence-corrected chi connectivity index (χ2v) is 6.63. The summed E-state index contributed by atoms with van der Waals surface area (Å²) in [7, 11) is -3.56. The van der Waals surface area contributed by atoms with Gasteiger partial charge in [0.1, 0.15) is 15.6 Å². The van der Waals surface area contributed by atoms with Crippen molar-refractivity contribution in [3.8, 4) is 0 Å². The number of nitrogens with zero attached hydrogens (tertiary/aromatic N) is 1. The third-order valence-corrected chi connectivity index (χ3v) is 5.04. The van der Waals surface area contributed by atoms with Crippen molar-refractivity contribution >= 4 is 27.2 Å². The molecule has 0 amide bonds. The third-order valence-electron chi connectivity index (χ3n) is 3.67. The zero-order valence-electron chi connectivity index (χ0n) is 13.1. The summed E-state index contributed by atoms with van der Waals surface area (Å²) >= 11 is 0. The number of oxazole rings is 1. The molecule has 7 nitrogen and oxygen atoms in total. The molecule has 0 saturated heterocycles. The van der Waals surface area contributed by atoms with Gasteiger partial charge in [-0.15, -0.1) is 0 Å². The van der Waals surface area contributed by atoms with Gasteiger partial charge in [-0.05, 0) is 18.6 Å². The van der Waals surface area contributed by atoms with Crippen molar-refractivity contribution in [3.63, 3.8) is 0 Å². The van der Waals surface area contributed by atoms with Crippen LogP contribution in [0.15, 0.2) is 46.9 Å². The molecular weight excluding hydrogens is 361 g/mol. The SMILES string of the molecule is COC(=O)c1cccc2oc(C3(S(=O)(=O)[O-])C=CC=CC3)nc12.[K+]. The Kier molecular flexibility index (Phi) is 5.85. The van der Waals surface area contributed by atoms with Gasteiger partial charge >= 0.3 is 57.4 Å². The van der Waals surface area contributed by atoms with E-state index in [4.69, 9.17) is 4.42 Å². The molecule has 0 radical (unpaired) electrons. The summed E-state index contributed by atoms with van der Waals surface area (Å²) in [6.45, 7) is 0. The van der Waals surface area contributed by atoms with E-state index in [1.807, 2.05) is 0 Å². The first-order chi connectivity index (χ1) is 10.9. The summed E-state index contributed by atoms with van der Waals surface area (Å²) in [5, 5.41) is 0. The predicted molar refractivity (Wildman–Crippen MR) is 79.6 cm³/mol. The Hall–Kier alpha value is -0.814. The maximum Gasteiger partial charge on any atom is 1.00 e. The summed E-state index contributed by atoms with van der Waals surface area (Å²) in [6, 6.07) is 4.57. The summed E-state index contributed by atoms with van der Waals surface area (Å²) in [5.74, 6) is -0.895. The van der Waals surface area contributed by atoms with Gasteiger partial charge in [-0.3, -0.25) is 0 Å². The normalized spacial score (nSPS) is 19.9. The van der Waals surface area contributed by atoms with E-state index < -0.39 is 20.8 Å². The number of carbonyl (C=O) groups is 1. The van der Waals surface area contributed by atoms with Gasteiger partial charge in [-0.25, -0.2) is 18.2 Å². The van der Waals surface area contributed by atoms with E-state index >= 15 is 0 Å². The number of esters is 1. The summed E-state index contributed by atoms with van der Waals surface area (Å²) in [4.78, 5) is 15.9. The molecular formula is C15H12KNO6S. The molecule has 24 heavy (non-hydrogen) atoms. The Morgan fingerprint density at radius 2 is 2.12 bits per heavy atom. The molecule has 1 aromatic carbocycles. The van der Waals surface area contributed by atoms with Gasteiger partial charge in [0.05, 0.1) is 12.7 Å². The van der Waals surface area contributed by atoms with Crippen LogP contribution < -0.4 is 51.4 Å². The number of methoxy groups -OCH3 is 1. The van der Waals surface area contributed by atoms with Gasteiger partial charge in [-0.2, -0.15) is 0 Å². The average molecular weight is 373 g/mol. The van der Waals surface area contributed by atoms with E-state index in [2.05, 4.69) is 9.72 Å². The zero-order chi connectivity index (χ0) is 16.7. The number of fused-ring (bicyclic) bond motifs is 1. The smallest absolute Gasteiger partial charge is 0.747 e. The van der Waals surface area contributed by atoms with Crippen molar-refractivity contribution in [2.45, 2.75) is 11.2 Å². The fourth-order valence-corrected chi connectivity index (χ4v) is 3.30. The molecule has 1 unspecified atom stereocenters. The van der Waals surface area contributed by atoms with Crippen LogP contribution in [-0.4, -0.2) is 31.0 Å². The molecule has 0 fully saturated rings. The van der Waals surface area contributed by atoms with E-state index in [0.717, 1.165) is 0 Å². The molecule has 3 rings (SSSR count). The Morgan fingerprint density at radius 1 is 1.38 bits per heavy atom. The number of aromatic nitrogens is 1. The van der Waals surface area contributed by atoms with E-state index in [1.165, 1.54) is 31.4 Å². The van der Waals surface area contributed by atoms with Crippen LogP contribution in [0.2, 0.25) is 0 Å². The van der Waals surface area contributed by atoms with Crippen LogP contribution in [0.5, 0.6) is 0 Å². The molecule has 9 heteroatoms. The second kappa shape index (κ2) is 7.20. The molecule has 0 N–H and O–H groups in total. The van der Waals surface area contributed by atoms with Crippen molar-refractivity contribution in [2.24, 2.45) is 0 Å². The molecule has 0 spiro atoms. The van der Waals surface area contributed by atoms with E-state index in [9.17, 15) is 17.8 Å². The molecule has 0 saturated carbocycles. The average Bonchev–Trinajstić information content (AvgIpc) is 2.98. The molecule has 2 aromatic rings. The van der Waals surface area contributed by atoms with Crippen molar-refractivity contribution in [3.05, 3.63) is 54.0 Å². The number of hydrogen-bond donors (Lipinski definition) is 0. The molecule has 1 aromatic heterocycles. The number of rotatable bonds is 3. The molecule has 0 bridgehead atoms. The maximum atomic E-state index is 11.8. The van der Waals surface area contributed by atoms with Crippen molar-refractivity contribution in [1.82, 2.24) is 4.98 Å². The molecule has 1 atom stereocenters. The monoisotopic (exact) mass is 373 g/mol. The Balaban J connectivity index is 0.00000208. The van der Waals surface area contributed by atoms with Gasteiger partial charge in [0, 0.05) is 0 Å². The Morgan fingerprint density at radius 3 is 2.71 bits per heavy atom. The minimum absolute atomic E-state index is 0. The van der Waals surface area contributed by atoms with Gasteiger partial charge < -0.3 is 13.7 Å². The fraction of sp³-hybridized carbons (Fsp3) is 0.200. The predicted octanol–water partition coefficient (Wildman–Crippen LogP) is -1.12. The summed E-state index contributed by atoms with van der Waals surface area (Å²) < 4.78 is 43.7. The first-order valence-electron chi connectivity index (χ1n) is 6.67. The number of hydrogen-bond acceptors (Lipinski definition) is 7. The second-order valence-electron chi connectivity index (χ2n) is 5.00. The van der Waals surface area contributed by atoms with Crippen LogP contribution in [0.4, 0.5) is 0 Å².